The summed E-state index contributed by atoms with van der Waals surface area (Å²) >= 11 is 0. The van der Waals surface area contributed by atoms with E-state index in [1.807, 2.05) is 0 Å². The van der Waals surface area contributed by atoms with Crippen molar-refractivity contribution in [3.63, 3.8) is 0 Å². The Morgan fingerprint density at radius 2 is 1.86 bits per heavy atom. The van der Waals surface area contributed by atoms with Crippen LogP contribution in [0.2, 0.25) is 0 Å². The van der Waals surface area contributed by atoms with E-state index >= 15 is 0 Å². The molecule has 2 aliphatic heterocycles. The number of carbonyl (C=O) groups excluding carboxylic acids is 3. The second kappa shape index (κ2) is 11.4. The van der Waals surface area contributed by atoms with Gasteiger partial charge in [0.25, 0.3) is 5.91 Å². The van der Waals surface area contributed by atoms with Gasteiger partial charge in [0.15, 0.2) is 11.5 Å². The Labute approximate surface area is 208 Å². The summed E-state index contributed by atoms with van der Waals surface area (Å²) in [7, 11) is 0. The molecule has 1 aromatic heterocycles. The molecule has 2 atom stereocenters. The van der Waals surface area contributed by atoms with E-state index in [2.05, 4.69) is 4.98 Å². The molecule has 3 heterocycles. The van der Waals surface area contributed by atoms with E-state index in [1.54, 1.807) is 0 Å². The molecule has 12 nitrogen and oxygen atoms in total. The maximum atomic E-state index is 13.5. The molecule has 3 aliphatic rings. The smallest absolute Gasteiger partial charge is 0.414 e. The highest BCUT2D eigenvalue weighted by molar-refractivity contribution is 5.97. The average Bonchev–Trinajstić information content (AvgIpc) is 3.58. The zero-order chi connectivity index (χ0) is 25.7. The predicted molar refractivity (Wildman–Crippen MR) is 123 cm³/mol. The van der Waals surface area contributed by atoms with Gasteiger partial charge < -0.3 is 19.5 Å². The van der Waals surface area contributed by atoms with Crippen LogP contribution in [-0.4, -0.2) is 73.6 Å². The van der Waals surface area contributed by atoms with Crippen molar-refractivity contribution < 1.29 is 39.0 Å². The summed E-state index contributed by atoms with van der Waals surface area (Å²) < 4.78 is 10.6. The third kappa shape index (κ3) is 5.76. The summed E-state index contributed by atoms with van der Waals surface area (Å²) in [5.74, 6) is -0.737. The largest absolute Gasteiger partial charge is 0.465 e. The lowest BCUT2D eigenvalue weighted by Gasteiger charge is -2.32. The summed E-state index contributed by atoms with van der Waals surface area (Å²) in [4.78, 5) is 56.2. The molecule has 1 aliphatic carbocycles. The lowest BCUT2D eigenvalue weighted by atomic mass is 9.91. The molecule has 0 unspecified atom stereocenters. The number of amides is 4. The number of imide groups is 1. The van der Waals surface area contributed by atoms with Gasteiger partial charge in [0, 0.05) is 12.6 Å². The highest BCUT2D eigenvalue weighted by atomic mass is 16.5. The second-order valence-electron chi connectivity index (χ2n) is 9.34. The molecule has 194 valence electrons. The van der Waals surface area contributed by atoms with Crippen molar-refractivity contribution in [3.8, 4) is 11.5 Å². The predicted octanol–water partition coefficient (Wildman–Crippen LogP) is 2.37. The molecule has 2 fully saturated rings. The highest BCUT2D eigenvalue weighted by Gasteiger charge is 2.41. The minimum Gasteiger partial charge on any atom is -0.465 e. The lowest BCUT2D eigenvalue weighted by Crippen LogP contribution is -2.51. The van der Waals surface area contributed by atoms with Gasteiger partial charge in [0.05, 0.1) is 30.9 Å². The maximum Gasteiger partial charge on any atom is 0.414 e. The first-order valence-electron chi connectivity index (χ1n) is 12.1. The van der Waals surface area contributed by atoms with Gasteiger partial charge in [0.2, 0.25) is 12.3 Å². The molecule has 4 rings (SSSR count). The maximum absolute atomic E-state index is 13.5. The van der Waals surface area contributed by atoms with Gasteiger partial charge in [-0.25, -0.2) is 14.8 Å². The zero-order valence-electron chi connectivity index (χ0n) is 19.8. The molecular weight excluding hydrogens is 472 g/mol. The zero-order valence-corrected chi connectivity index (χ0v) is 19.8. The van der Waals surface area contributed by atoms with Gasteiger partial charge in [-0.3, -0.25) is 24.6 Å². The number of ether oxygens (including phenoxy) is 2. The Balaban J connectivity index is 1.49. The summed E-state index contributed by atoms with van der Waals surface area (Å²) in [6, 6.07) is 0.537. The van der Waals surface area contributed by atoms with E-state index < -0.39 is 24.0 Å². The van der Waals surface area contributed by atoms with E-state index in [1.165, 1.54) is 29.7 Å². The monoisotopic (exact) mass is 502 g/mol. The molecule has 0 aromatic carbocycles. The number of fused-ring (bicyclic) bond motifs is 1. The van der Waals surface area contributed by atoms with Gasteiger partial charge in [-0.1, -0.05) is 25.7 Å². The summed E-state index contributed by atoms with van der Waals surface area (Å²) in [5.41, 5.74) is 0.278. The van der Waals surface area contributed by atoms with Gasteiger partial charge in [-0.2, -0.15) is 0 Å². The van der Waals surface area contributed by atoms with Gasteiger partial charge in [-0.05, 0) is 25.2 Å². The molecule has 12 heteroatoms. The molecule has 0 bridgehead atoms. The minimum atomic E-state index is -1.46. The number of hydroxylamine groups is 2. The van der Waals surface area contributed by atoms with Crippen molar-refractivity contribution in [2.24, 2.45) is 11.8 Å². The van der Waals surface area contributed by atoms with E-state index in [4.69, 9.17) is 9.47 Å². The van der Waals surface area contributed by atoms with Crippen LogP contribution in [0.3, 0.4) is 0 Å². The number of carboxylic acid groups (broad SMARTS) is 1. The first-order chi connectivity index (χ1) is 17.4. The minimum absolute atomic E-state index is 0.172. The van der Waals surface area contributed by atoms with Crippen molar-refractivity contribution in [3.05, 3.63) is 30.5 Å². The third-order valence-electron chi connectivity index (χ3n) is 6.94. The fourth-order valence-corrected chi connectivity index (χ4v) is 5.21. The molecule has 4 amide bonds. The van der Waals surface area contributed by atoms with Gasteiger partial charge in [-0.15, -0.1) is 0 Å². The van der Waals surface area contributed by atoms with Crippen molar-refractivity contribution in [2.45, 2.75) is 57.5 Å². The van der Waals surface area contributed by atoms with Gasteiger partial charge in [0.1, 0.15) is 18.6 Å². The molecule has 1 saturated heterocycles. The lowest BCUT2D eigenvalue weighted by molar-refractivity contribution is -0.159. The molecule has 0 radical (unpaired) electrons. The van der Waals surface area contributed by atoms with Crippen LogP contribution in [0.1, 0.15) is 50.6 Å². The van der Waals surface area contributed by atoms with E-state index in [-0.39, 0.29) is 31.1 Å². The number of hydrogen-bond donors (Lipinski definition) is 2. The Morgan fingerprint density at radius 3 is 2.56 bits per heavy atom. The Morgan fingerprint density at radius 1 is 1.14 bits per heavy atom. The molecule has 1 saturated carbocycles. The van der Waals surface area contributed by atoms with Crippen LogP contribution in [0.4, 0.5) is 4.79 Å². The number of nitrogens with zero attached hydrogens (tertiary/aromatic N) is 4. The highest BCUT2D eigenvalue weighted by Crippen LogP contribution is 2.33. The van der Waals surface area contributed by atoms with E-state index in [9.17, 15) is 29.5 Å². The quantitative estimate of drug-likeness (QED) is 0.295. The molecule has 1 aromatic rings. The SMILES string of the molecule is O=CN(O)C[C@@H](CC1CCCC1)C(=O)N1CCC[C@H]1C(=O)N(Cc1cc2c(cn1)OC=CO2)C(=O)O. The summed E-state index contributed by atoms with van der Waals surface area (Å²) in [6.07, 6.45) is 8.30. The first kappa shape index (κ1) is 25.4. The standard InChI is InChI=1S/C24H30N4O8/c29-15-26(34)13-17(10-16-4-1-2-5-16)22(30)27-7-3-6-19(27)23(31)28(24(32)33)14-18-11-20-21(12-25-18)36-9-8-35-20/h8-9,11-12,15-17,19,34H,1-7,10,13-14H2,(H,32,33)/t17-,19+/m1/s1. The molecule has 0 spiro atoms. The molecule has 2 N–H and O–H groups in total. The van der Waals surface area contributed by atoms with Crippen LogP contribution in [-0.2, 0) is 20.9 Å². The van der Waals surface area contributed by atoms with Crippen LogP contribution >= 0.6 is 0 Å². The fourth-order valence-electron chi connectivity index (χ4n) is 5.21. The number of rotatable bonds is 9. The third-order valence-corrected chi connectivity index (χ3v) is 6.94. The van der Waals surface area contributed by atoms with Crippen molar-refractivity contribution in [2.75, 3.05) is 13.1 Å². The average molecular weight is 503 g/mol. The van der Waals surface area contributed by atoms with Crippen LogP contribution in [0.5, 0.6) is 11.5 Å². The number of pyridine rings is 1. The summed E-state index contributed by atoms with van der Waals surface area (Å²) in [6.45, 7) is -0.201. The first-order valence-corrected chi connectivity index (χ1v) is 12.1. The summed E-state index contributed by atoms with van der Waals surface area (Å²) in [5, 5.41) is 20.1. The fraction of sp³-hybridized carbons (Fsp3) is 0.542. The van der Waals surface area contributed by atoms with Crippen LogP contribution in [0, 0.1) is 11.8 Å². The number of carbonyl (C=O) groups is 4. The van der Waals surface area contributed by atoms with Crippen LogP contribution in [0.25, 0.3) is 0 Å². The van der Waals surface area contributed by atoms with Crippen molar-refractivity contribution in [1.29, 1.82) is 0 Å². The van der Waals surface area contributed by atoms with E-state index in [0.29, 0.717) is 53.2 Å². The number of aromatic nitrogens is 1. The Hall–Kier alpha value is -3.67. The topological polar surface area (TPSA) is 150 Å². The Kier molecular flexibility index (Phi) is 8.04. The number of hydrogen-bond acceptors (Lipinski definition) is 8. The number of likely N-dealkylation sites (tertiary alicyclic amines) is 1. The van der Waals surface area contributed by atoms with E-state index in [0.717, 1.165) is 25.7 Å². The Bertz CT molecular complexity index is 1030. The normalized spacial score (nSPS) is 19.7. The van der Waals surface area contributed by atoms with Crippen molar-refractivity contribution >= 4 is 24.3 Å². The van der Waals surface area contributed by atoms with Crippen molar-refractivity contribution in [1.82, 2.24) is 19.8 Å². The molecule has 36 heavy (non-hydrogen) atoms. The molecular formula is C24H30N4O8. The van der Waals surface area contributed by atoms with Crippen LogP contribution in [0.15, 0.2) is 24.8 Å². The van der Waals surface area contributed by atoms with Gasteiger partial charge >= 0.3 is 6.09 Å². The van der Waals surface area contributed by atoms with Crippen LogP contribution < -0.4 is 9.47 Å². The second-order valence-corrected chi connectivity index (χ2v) is 9.34.